The van der Waals surface area contributed by atoms with Crippen molar-refractivity contribution < 1.29 is 8.42 Å². The Kier molecular flexibility index (Phi) is 5.07. The van der Waals surface area contributed by atoms with Gasteiger partial charge in [0.05, 0.1) is 5.02 Å². The van der Waals surface area contributed by atoms with Crippen LogP contribution in [0.3, 0.4) is 0 Å². The smallest absolute Gasteiger partial charge is 0.244 e. The molecule has 1 aliphatic rings. The summed E-state index contributed by atoms with van der Waals surface area (Å²) < 4.78 is 27.1. The fraction of sp³-hybridized carbons (Fsp3) is 0.500. The van der Waals surface area contributed by atoms with E-state index in [1.165, 1.54) is 4.31 Å². The van der Waals surface area contributed by atoms with E-state index in [2.05, 4.69) is 35.9 Å². The standard InChI is InChI=1S/C16H21ClN4O2S2/c1-16(2,3)14-18-19-15(24-14)20-8-10-21(11-9-20)25(22,23)13-7-5-4-6-12(13)17/h4-7H,8-11H2,1-3H3. The Morgan fingerprint density at radius 2 is 1.72 bits per heavy atom. The van der Waals surface area contributed by atoms with Crippen molar-refractivity contribution in [1.29, 1.82) is 0 Å². The van der Waals surface area contributed by atoms with E-state index >= 15 is 0 Å². The molecule has 2 aromatic rings. The molecule has 3 rings (SSSR count). The first-order valence-electron chi connectivity index (χ1n) is 8.03. The SMILES string of the molecule is CC(C)(C)c1nnc(N2CCN(S(=O)(=O)c3ccccc3Cl)CC2)s1. The van der Waals surface area contributed by atoms with Crippen LogP contribution in [-0.2, 0) is 15.4 Å². The van der Waals surface area contributed by atoms with Crippen LogP contribution >= 0.6 is 22.9 Å². The van der Waals surface area contributed by atoms with Crippen LogP contribution in [0.1, 0.15) is 25.8 Å². The molecule has 0 aliphatic carbocycles. The number of rotatable bonds is 3. The van der Waals surface area contributed by atoms with Crippen LogP contribution in [-0.4, -0.2) is 49.1 Å². The Morgan fingerprint density at radius 3 is 2.28 bits per heavy atom. The van der Waals surface area contributed by atoms with Gasteiger partial charge in [-0.25, -0.2) is 8.42 Å². The van der Waals surface area contributed by atoms with E-state index in [-0.39, 0.29) is 15.3 Å². The largest absolute Gasteiger partial charge is 0.344 e. The summed E-state index contributed by atoms with van der Waals surface area (Å²) in [5.41, 5.74) is -0.0366. The van der Waals surface area contributed by atoms with E-state index in [0.29, 0.717) is 26.2 Å². The van der Waals surface area contributed by atoms with Crippen LogP contribution in [0.5, 0.6) is 0 Å². The lowest BCUT2D eigenvalue weighted by atomic mass is 9.98. The minimum absolute atomic E-state index is 0.0366. The molecule has 0 unspecified atom stereocenters. The van der Waals surface area contributed by atoms with Gasteiger partial charge in [0.2, 0.25) is 15.2 Å². The van der Waals surface area contributed by atoms with Crippen molar-refractivity contribution in [2.24, 2.45) is 0 Å². The lowest BCUT2D eigenvalue weighted by molar-refractivity contribution is 0.384. The topological polar surface area (TPSA) is 66.4 Å². The summed E-state index contributed by atoms with van der Waals surface area (Å²) in [7, 11) is -3.57. The van der Waals surface area contributed by atoms with Crippen molar-refractivity contribution >= 4 is 38.1 Å². The highest BCUT2D eigenvalue weighted by Gasteiger charge is 2.31. The molecule has 0 amide bonds. The molecule has 136 valence electrons. The van der Waals surface area contributed by atoms with Crippen LogP contribution in [0.2, 0.25) is 5.02 Å². The molecule has 0 radical (unpaired) electrons. The van der Waals surface area contributed by atoms with Crippen LogP contribution < -0.4 is 4.90 Å². The van der Waals surface area contributed by atoms with Gasteiger partial charge in [0, 0.05) is 31.6 Å². The van der Waals surface area contributed by atoms with Gasteiger partial charge in [-0.15, -0.1) is 10.2 Å². The van der Waals surface area contributed by atoms with E-state index in [9.17, 15) is 8.42 Å². The van der Waals surface area contributed by atoms with Gasteiger partial charge in [0.1, 0.15) is 9.90 Å². The van der Waals surface area contributed by atoms with Crippen LogP contribution in [0, 0.1) is 0 Å². The number of benzene rings is 1. The van der Waals surface area contributed by atoms with E-state index in [1.54, 1.807) is 35.6 Å². The van der Waals surface area contributed by atoms with Gasteiger partial charge < -0.3 is 4.90 Å². The monoisotopic (exact) mass is 400 g/mol. The number of nitrogens with zero attached hydrogens (tertiary/aromatic N) is 4. The maximum Gasteiger partial charge on any atom is 0.244 e. The summed E-state index contributed by atoms with van der Waals surface area (Å²) in [4.78, 5) is 2.25. The maximum absolute atomic E-state index is 12.8. The average Bonchev–Trinajstić information content (AvgIpc) is 3.05. The molecule has 1 saturated heterocycles. The lowest BCUT2D eigenvalue weighted by Crippen LogP contribution is -2.48. The molecule has 0 saturated carbocycles. The second-order valence-corrected chi connectivity index (χ2v) is 10.2. The highest BCUT2D eigenvalue weighted by atomic mass is 35.5. The Morgan fingerprint density at radius 1 is 1.08 bits per heavy atom. The molecule has 9 heteroatoms. The zero-order chi connectivity index (χ0) is 18.2. The van der Waals surface area contributed by atoms with Gasteiger partial charge in [0.25, 0.3) is 0 Å². The second kappa shape index (κ2) is 6.83. The molecule has 1 aromatic carbocycles. The van der Waals surface area contributed by atoms with Gasteiger partial charge >= 0.3 is 0 Å². The van der Waals surface area contributed by atoms with Gasteiger partial charge in [-0.1, -0.05) is 55.8 Å². The quantitative estimate of drug-likeness (QED) is 0.792. The number of aromatic nitrogens is 2. The van der Waals surface area contributed by atoms with Gasteiger partial charge in [-0.2, -0.15) is 4.31 Å². The predicted molar refractivity (Wildman–Crippen MR) is 101 cm³/mol. The lowest BCUT2D eigenvalue weighted by Gasteiger charge is -2.33. The van der Waals surface area contributed by atoms with Crippen molar-refractivity contribution in [2.75, 3.05) is 31.1 Å². The molecular weight excluding hydrogens is 380 g/mol. The Hall–Kier alpha value is -1.22. The van der Waals surface area contributed by atoms with Crippen molar-refractivity contribution in [2.45, 2.75) is 31.1 Å². The third-order valence-corrected chi connectivity index (χ3v) is 7.83. The number of hydrogen-bond acceptors (Lipinski definition) is 6. The van der Waals surface area contributed by atoms with Crippen LogP contribution in [0.15, 0.2) is 29.2 Å². The number of halogens is 1. The highest BCUT2D eigenvalue weighted by Crippen LogP contribution is 2.31. The van der Waals surface area contributed by atoms with Crippen molar-refractivity contribution in [1.82, 2.24) is 14.5 Å². The van der Waals surface area contributed by atoms with E-state index in [1.807, 2.05) is 0 Å². The Balaban J connectivity index is 1.72. The Bertz CT molecular complexity index is 853. The van der Waals surface area contributed by atoms with Gasteiger partial charge in [0.15, 0.2) is 0 Å². The molecular formula is C16H21ClN4O2S2. The van der Waals surface area contributed by atoms with Gasteiger partial charge in [-0.3, -0.25) is 0 Å². The molecule has 0 spiro atoms. The summed E-state index contributed by atoms with van der Waals surface area (Å²) >= 11 is 7.63. The minimum atomic E-state index is -3.57. The first kappa shape index (κ1) is 18.6. The van der Waals surface area contributed by atoms with Crippen molar-refractivity contribution in [3.05, 3.63) is 34.3 Å². The molecule has 1 aliphatic heterocycles. The zero-order valence-corrected chi connectivity index (χ0v) is 16.8. The maximum atomic E-state index is 12.8. The first-order valence-corrected chi connectivity index (χ1v) is 10.7. The molecule has 6 nitrogen and oxygen atoms in total. The third-order valence-electron chi connectivity index (χ3n) is 4.02. The summed E-state index contributed by atoms with van der Waals surface area (Å²) in [6.07, 6.45) is 0. The van der Waals surface area contributed by atoms with Crippen LogP contribution in [0.25, 0.3) is 0 Å². The first-order chi connectivity index (χ1) is 11.7. The normalized spacial score (nSPS) is 17.0. The molecule has 1 aromatic heterocycles. The third kappa shape index (κ3) is 3.81. The average molecular weight is 401 g/mol. The summed E-state index contributed by atoms with van der Waals surface area (Å²) in [6, 6.07) is 6.55. The molecule has 2 heterocycles. The minimum Gasteiger partial charge on any atom is -0.344 e. The number of piperazine rings is 1. The van der Waals surface area contributed by atoms with Crippen LogP contribution in [0.4, 0.5) is 5.13 Å². The Labute approximate surface area is 157 Å². The van der Waals surface area contributed by atoms with Gasteiger partial charge in [-0.05, 0) is 12.1 Å². The molecule has 1 fully saturated rings. The second-order valence-electron chi connectivity index (χ2n) is 6.96. The zero-order valence-electron chi connectivity index (χ0n) is 14.4. The fourth-order valence-corrected chi connectivity index (χ4v) is 5.43. The summed E-state index contributed by atoms with van der Waals surface area (Å²) in [6.45, 7) is 8.28. The fourth-order valence-electron chi connectivity index (χ4n) is 2.56. The highest BCUT2D eigenvalue weighted by molar-refractivity contribution is 7.89. The molecule has 25 heavy (non-hydrogen) atoms. The number of anilines is 1. The summed E-state index contributed by atoms with van der Waals surface area (Å²) in [5.74, 6) is 0. The van der Waals surface area contributed by atoms with E-state index < -0.39 is 10.0 Å². The molecule has 0 N–H and O–H groups in total. The van der Waals surface area contributed by atoms with E-state index in [4.69, 9.17) is 11.6 Å². The molecule has 0 bridgehead atoms. The summed E-state index contributed by atoms with van der Waals surface area (Å²) in [5, 5.41) is 10.6. The number of hydrogen-bond donors (Lipinski definition) is 0. The van der Waals surface area contributed by atoms with E-state index in [0.717, 1.165) is 10.1 Å². The molecule has 0 atom stereocenters. The predicted octanol–water partition coefficient (Wildman–Crippen LogP) is 3.00. The van der Waals surface area contributed by atoms with Crippen molar-refractivity contribution in [3.63, 3.8) is 0 Å². The van der Waals surface area contributed by atoms with Crippen molar-refractivity contribution in [3.8, 4) is 0 Å². The number of sulfonamides is 1.